The minimum atomic E-state index is -0.150. The fraction of sp³-hybridized carbons (Fsp3) is 0.333. The number of benzene rings is 2. The van der Waals surface area contributed by atoms with E-state index in [-0.39, 0.29) is 18.0 Å². The molecule has 2 atom stereocenters. The topological polar surface area (TPSA) is 47.9 Å². The summed E-state index contributed by atoms with van der Waals surface area (Å²) in [6, 6.07) is 12.9. The van der Waals surface area contributed by atoms with Crippen molar-refractivity contribution in [2.75, 3.05) is 24.6 Å². The molecule has 2 aliphatic rings. The summed E-state index contributed by atoms with van der Waals surface area (Å²) in [6.45, 7) is 4.29. The number of hydrogen-bond donors (Lipinski definition) is 1. The van der Waals surface area contributed by atoms with E-state index < -0.39 is 0 Å². The number of carbonyl (C=O) groups excluding carboxylic acids is 1. The predicted molar refractivity (Wildman–Crippen MR) is 119 cm³/mol. The van der Waals surface area contributed by atoms with Crippen LogP contribution in [0.5, 0.6) is 0 Å². The molecule has 1 N–H and O–H groups in total. The number of hydrazone groups is 1. The first-order valence-electron chi connectivity index (χ1n) is 9.53. The van der Waals surface area contributed by atoms with Crippen LogP contribution < -0.4 is 10.3 Å². The van der Waals surface area contributed by atoms with E-state index in [0.717, 1.165) is 18.7 Å². The van der Waals surface area contributed by atoms with E-state index in [1.54, 1.807) is 12.1 Å². The van der Waals surface area contributed by atoms with Crippen LogP contribution in [0, 0.1) is 0 Å². The summed E-state index contributed by atoms with van der Waals surface area (Å²) >= 11 is 18.6. The Hall–Kier alpha value is -1.79. The molecule has 1 fully saturated rings. The van der Waals surface area contributed by atoms with Gasteiger partial charge in [0, 0.05) is 42.1 Å². The average Bonchev–Trinajstić information content (AvgIpc) is 3.13. The number of amides is 1. The number of hydrogen-bond acceptors (Lipinski definition) is 4. The van der Waals surface area contributed by atoms with Gasteiger partial charge in [-0.25, -0.2) is 0 Å². The van der Waals surface area contributed by atoms with Crippen LogP contribution in [-0.2, 0) is 4.79 Å². The van der Waals surface area contributed by atoms with Gasteiger partial charge in [0.15, 0.2) is 0 Å². The number of rotatable bonds is 3. The summed E-state index contributed by atoms with van der Waals surface area (Å²) < 4.78 is 0. The van der Waals surface area contributed by atoms with Crippen molar-refractivity contribution in [1.29, 1.82) is 0 Å². The molecule has 152 valence electrons. The molecule has 2 aromatic carbocycles. The Kier molecular flexibility index (Phi) is 6.02. The van der Waals surface area contributed by atoms with Gasteiger partial charge in [0.25, 0.3) is 5.91 Å². The van der Waals surface area contributed by atoms with E-state index in [2.05, 4.69) is 5.32 Å². The summed E-state index contributed by atoms with van der Waals surface area (Å²) in [7, 11) is 0. The van der Waals surface area contributed by atoms with E-state index in [4.69, 9.17) is 39.9 Å². The molecule has 4 rings (SSSR count). The standard InChI is InChI=1S/C21H21Cl3N4O/c1-13-12-25-8-9-27(13)21(29)18-11-20(14-2-4-15(22)5-3-14)28(26-18)19-7-6-16(23)10-17(19)24/h2-7,10,13,20,25H,8-9,11-12H2,1H3. The molecule has 0 bridgehead atoms. The van der Waals surface area contributed by atoms with Crippen molar-refractivity contribution < 1.29 is 4.79 Å². The predicted octanol–water partition coefficient (Wildman–Crippen LogP) is 4.77. The van der Waals surface area contributed by atoms with Crippen molar-refractivity contribution in [1.82, 2.24) is 10.2 Å². The number of anilines is 1. The van der Waals surface area contributed by atoms with E-state index in [0.29, 0.717) is 39.4 Å². The Bertz CT molecular complexity index is 947. The summed E-state index contributed by atoms with van der Waals surface area (Å²) in [5, 5.41) is 11.6. The number of nitrogens with one attached hydrogen (secondary N) is 1. The van der Waals surface area contributed by atoms with E-state index in [1.807, 2.05) is 47.2 Å². The molecule has 0 spiro atoms. The monoisotopic (exact) mass is 450 g/mol. The van der Waals surface area contributed by atoms with Gasteiger partial charge in [-0.05, 0) is 42.8 Å². The molecular formula is C21H21Cl3N4O. The molecular weight excluding hydrogens is 431 g/mol. The molecule has 8 heteroatoms. The second-order valence-corrected chi connectivity index (χ2v) is 8.59. The Morgan fingerprint density at radius 1 is 1.10 bits per heavy atom. The van der Waals surface area contributed by atoms with Crippen LogP contribution in [0.1, 0.15) is 24.9 Å². The largest absolute Gasteiger partial charge is 0.332 e. The molecule has 2 heterocycles. The highest BCUT2D eigenvalue weighted by atomic mass is 35.5. The first kappa shape index (κ1) is 20.5. The van der Waals surface area contributed by atoms with Crippen molar-refractivity contribution in [2.45, 2.75) is 25.4 Å². The van der Waals surface area contributed by atoms with Crippen LogP contribution in [0.2, 0.25) is 15.1 Å². The number of nitrogens with zero attached hydrogens (tertiary/aromatic N) is 3. The smallest absolute Gasteiger partial charge is 0.270 e. The van der Waals surface area contributed by atoms with E-state index in [9.17, 15) is 4.79 Å². The minimum absolute atomic E-state index is 0.0226. The molecule has 2 aliphatic heterocycles. The fourth-order valence-electron chi connectivity index (χ4n) is 3.78. The van der Waals surface area contributed by atoms with Crippen molar-refractivity contribution in [3.63, 3.8) is 0 Å². The summed E-state index contributed by atoms with van der Waals surface area (Å²) in [6.07, 6.45) is 0.496. The molecule has 2 aromatic rings. The van der Waals surface area contributed by atoms with Crippen molar-refractivity contribution in [3.05, 3.63) is 63.1 Å². The molecule has 0 aromatic heterocycles. The highest BCUT2D eigenvalue weighted by Crippen LogP contribution is 2.40. The number of carbonyl (C=O) groups is 1. The Morgan fingerprint density at radius 2 is 1.83 bits per heavy atom. The third-order valence-corrected chi connectivity index (χ3v) is 6.12. The van der Waals surface area contributed by atoms with Crippen LogP contribution in [0.25, 0.3) is 0 Å². The Morgan fingerprint density at radius 3 is 2.52 bits per heavy atom. The van der Waals surface area contributed by atoms with Gasteiger partial charge < -0.3 is 10.2 Å². The molecule has 2 unspecified atom stereocenters. The lowest BCUT2D eigenvalue weighted by atomic mass is 10.0. The second-order valence-electron chi connectivity index (χ2n) is 7.31. The SMILES string of the molecule is CC1CNCCN1C(=O)C1=NN(c2ccc(Cl)cc2Cl)C(c2ccc(Cl)cc2)C1. The summed E-state index contributed by atoms with van der Waals surface area (Å²) in [5.74, 6) is -0.0226. The summed E-state index contributed by atoms with van der Waals surface area (Å²) in [5.41, 5.74) is 2.26. The third-order valence-electron chi connectivity index (χ3n) is 5.33. The van der Waals surface area contributed by atoms with Gasteiger partial charge in [0.2, 0.25) is 0 Å². The lowest BCUT2D eigenvalue weighted by Gasteiger charge is -2.33. The van der Waals surface area contributed by atoms with Gasteiger partial charge in [-0.3, -0.25) is 9.80 Å². The number of piperazine rings is 1. The van der Waals surface area contributed by atoms with Crippen LogP contribution in [-0.4, -0.2) is 42.2 Å². The lowest BCUT2D eigenvalue weighted by Crippen LogP contribution is -2.53. The number of halogens is 3. The molecule has 0 saturated carbocycles. The quantitative estimate of drug-likeness (QED) is 0.731. The minimum Gasteiger partial charge on any atom is -0.332 e. The lowest BCUT2D eigenvalue weighted by molar-refractivity contribution is -0.126. The van der Waals surface area contributed by atoms with Crippen LogP contribution in [0.3, 0.4) is 0 Å². The van der Waals surface area contributed by atoms with E-state index >= 15 is 0 Å². The van der Waals surface area contributed by atoms with E-state index in [1.165, 1.54) is 0 Å². The molecule has 1 saturated heterocycles. The second kappa shape index (κ2) is 8.52. The highest BCUT2D eigenvalue weighted by molar-refractivity contribution is 6.40. The van der Waals surface area contributed by atoms with Crippen molar-refractivity contribution in [3.8, 4) is 0 Å². The summed E-state index contributed by atoms with van der Waals surface area (Å²) in [4.78, 5) is 15.1. The fourth-order valence-corrected chi connectivity index (χ4v) is 4.40. The van der Waals surface area contributed by atoms with Crippen LogP contribution in [0.15, 0.2) is 47.6 Å². The average molecular weight is 452 g/mol. The molecule has 0 radical (unpaired) electrons. The maximum atomic E-state index is 13.2. The zero-order valence-corrected chi connectivity index (χ0v) is 18.2. The van der Waals surface area contributed by atoms with Crippen LogP contribution >= 0.6 is 34.8 Å². The third kappa shape index (κ3) is 4.24. The highest BCUT2D eigenvalue weighted by Gasteiger charge is 2.36. The van der Waals surface area contributed by atoms with Gasteiger partial charge in [0.05, 0.1) is 16.8 Å². The molecule has 0 aliphatic carbocycles. The molecule has 5 nitrogen and oxygen atoms in total. The maximum Gasteiger partial charge on any atom is 0.270 e. The molecule has 29 heavy (non-hydrogen) atoms. The molecule has 1 amide bonds. The zero-order chi connectivity index (χ0) is 20.5. The van der Waals surface area contributed by atoms with Gasteiger partial charge in [-0.1, -0.05) is 46.9 Å². The van der Waals surface area contributed by atoms with Gasteiger partial charge in [0.1, 0.15) is 5.71 Å². The Labute approximate surface area is 185 Å². The Balaban J connectivity index is 1.70. The van der Waals surface area contributed by atoms with Crippen LogP contribution in [0.4, 0.5) is 5.69 Å². The van der Waals surface area contributed by atoms with Gasteiger partial charge in [-0.15, -0.1) is 0 Å². The maximum absolute atomic E-state index is 13.2. The normalized spacial score (nSPS) is 22.0. The zero-order valence-electron chi connectivity index (χ0n) is 15.9. The first-order valence-corrected chi connectivity index (χ1v) is 10.7. The van der Waals surface area contributed by atoms with Crippen molar-refractivity contribution >= 4 is 52.1 Å². The van der Waals surface area contributed by atoms with Gasteiger partial charge in [-0.2, -0.15) is 5.10 Å². The first-order chi connectivity index (χ1) is 13.9. The van der Waals surface area contributed by atoms with Gasteiger partial charge >= 0.3 is 0 Å². The van der Waals surface area contributed by atoms with Crippen molar-refractivity contribution in [2.24, 2.45) is 5.10 Å².